The summed E-state index contributed by atoms with van der Waals surface area (Å²) in [5.74, 6) is 0.118. The number of nitrogens with one attached hydrogen (secondary N) is 1. The molecule has 0 spiro atoms. The van der Waals surface area contributed by atoms with Gasteiger partial charge in [-0.25, -0.2) is 5.43 Å². The zero-order valence-corrected chi connectivity index (χ0v) is 14.1. The minimum absolute atomic E-state index is 0.0868. The van der Waals surface area contributed by atoms with Crippen LogP contribution in [-0.4, -0.2) is 23.8 Å². The number of carbonyl (C=O) groups excluding carboxylic acids is 1. The largest absolute Gasteiger partial charge is 0.507 e. The standard InChI is InChI=1S/C21H18N2O3/c1-2-10-26-18-9-5-6-15(11-18)14-22-23-21(25)19-12-16-7-3-4-8-17(16)13-20(19)24/h2-9,11-14,24H,1,10H2,(H,23,25)/b22-14+. The predicted octanol–water partition coefficient (Wildman–Crippen LogP) is 3.87. The Morgan fingerprint density at radius 2 is 1.88 bits per heavy atom. The van der Waals surface area contributed by atoms with Crippen LogP contribution in [0.15, 0.2) is 78.4 Å². The number of phenols is 1. The lowest BCUT2D eigenvalue weighted by atomic mass is 10.1. The number of phenolic OH excluding ortho intramolecular Hbond substituents is 1. The van der Waals surface area contributed by atoms with Crippen molar-refractivity contribution >= 4 is 22.9 Å². The number of ether oxygens (including phenoxy) is 1. The average molecular weight is 346 g/mol. The molecule has 0 atom stereocenters. The maximum atomic E-state index is 12.3. The summed E-state index contributed by atoms with van der Waals surface area (Å²) < 4.78 is 5.45. The van der Waals surface area contributed by atoms with Gasteiger partial charge in [-0.05, 0) is 40.6 Å². The lowest BCUT2D eigenvalue weighted by Crippen LogP contribution is -2.17. The van der Waals surface area contributed by atoms with Crippen molar-refractivity contribution in [1.29, 1.82) is 0 Å². The molecule has 5 nitrogen and oxygen atoms in total. The third-order valence-corrected chi connectivity index (χ3v) is 3.71. The number of hydrogen-bond acceptors (Lipinski definition) is 4. The Kier molecular flexibility index (Phi) is 5.29. The highest BCUT2D eigenvalue weighted by Crippen LogP contribution is 2.24. The summed E-state index contributed by atoms with van der Waals surface area (Å²) in [5.41, 5.74) is 3.37. The van der Waals surface area contributed by atoms with Gasteiger partial charge in [0.15, 0.2) is 0 Å². The number of hydrogen-bond donors (Lipinski definition) is 2. The van der Waals surface area contributed by atoms with Gasteiger partial charge in [-0.1, -0.05) is 49.1 Å². The molecule has 0 radical (unpaired) electrons. The number of rotatable bonds is 6. The lowest BCUT2D eigenvalue weighted by molar-refractivity contribution is 0.0952. The molecule has 130 valence electrons. The van der Waals surface area contributed by atoms with Crippen LogP contribution in [0.2, 0.25) is 0 Å². The normalized spacial score (nSPS) is 10.8. The van der Waals surface area contributed by atoms with Crippen LogP contribution in [0.25, 0.3) is 10.8 Å². The molecule has 0 aliphatic heterocycles. The van der Waals surface area contributed by atoms with Gasteiger partial charge in [-0.2, -0.15) is 5.10 Å². The average Bonchev–Trinajstić information content (AvgIpc) is 2.66. The van der Waals surface area contributed by atoms with Gasteiger partial charge in [0, 0.05) is 0 Å². The molecule has 0 heterocycles. The molecule has 0 fully saturated rings. The fourth-order valence-corrected chi connectivity index (χ4v) is 2.48. The number of nitrogens with zero attached hydrogens (tertiary/aromatic N) is 1. The molecule has 0 aliphatic carbocycles. The molecule has 0 saturated carbocycles. The number of amides is 1. The highest BCUT2D eigenvalue weighted by Gasteiger charge is 2.11. The van der Waals surface area contributed by atoms with Crippen molar-refractivity contribution in [2.45, 2.75) is 0 Å². The van der Waals surface area contributed by atoms with E-state index < -0.39 is 5.91 Å². The number of hydrazone groups is 1. The number of carbonyl (C=O) groups is 1. The molecule has 0 bridgehead atoms. The van der Waals surface area contributed by atoms with Crippen LogP contribution in [0, 0.1) is 0 Å². The van der Waals surface area contributed by atoms with E-state index in [2.05, 4.69) is 17.1 Å². The fraction of sp³-hybridized carbons (Fsp3) is 0.0476. The molecule has 26 heavy (non-hydrogen) atoms. The van der Waals surface area contributed by atoms with Gasteiger partial charge in [-0.3, -0.25) is 4.79 Å². The molecule has 1 amide bonds. The minimum atomic E-state index is -0.483. The SMILES string of the molecule is C=CCOc1cccc(/C=N/NC(=O)c2cc3ccccc3cc2O)c1. The highest BCUT2D eigenvalue weighted by atomic mass is 16.5. The fourth-order valence-electron chi connectivity index (χ4n) is 2.48. The van der Waals surface area contributed by atoms with Crippen molar-refractivity contribution in [3.8, 4) is 11.5 Å². The van der Waals surface area contributed by atoms with Crippen LogP contribution in [0.1, 0.15) is 15.9 Å². The third-order valence-electron chi connectivity index (χ3n) is 3.71. The third kappa shape index (κ3) is 4.08. The highest BCUT2D eigenvalue weighted by molar-refractivity contribution is 6.01. The molecule has 3 aromatic carbocycles. The lowest BCUT2D eigenvalue weighted by Gasteiger charge is -2.06. The molecule has 3 aromatic rings. The van der Waals surface area contributed by atoms with Crippen LogP contribution in [0.3, 0.4) is 0 Å². The number of aromatic hydroxyl groups is 1. The zero-order chi connectivity index (χ0) is 18.4. The van der Waals surface area contributed by atoms with E-state index in [0.717, 1.165) is 16.3 Å². The zero-order valence-electron chi connectivity index (χ0n) is 14.1. The van der Waals surface area contributed by atoms with E-state index in [1.807, 2.05) is 42.5 Å². The summed E-state index contributed by atoms with van der Waals surface area (Å²) in [4.78, 5) is 12.3. The molecular weight excluding hydrogens is 328 g/mol. The maximum absolute atomic E-state index is 12.3. The predicted molar refractivity (Wildman–Crippen MR) is 103 cm³/mol. The topological polar surface area (TPSA) is 70.9 Å². The Hall–Kier alpha value is -3.60. The van der Waals surface area contributed by atoms with Crippen molar-refractivity contribution in [1.82, 2.24) is 5.43 Å². The molecule has 0 unspecified atom stereocenters. The Balaban J connectivity index is 1.71. The summed E-state index contributed by atoms with van der Waals surface area (Å²) >= 11 is 0. The molecule has 2 N–H and O–H groups in total. The van der Waals surface area contributed by atoms with Gasteiger partial charge in [-0.15, -0.1) is 0 Å². The van der Waals surface area contributed by atoms with Crippen LogP contribution >= 0.6 is 0 Å². The first kappa shape index (κ1) is 17.2. The quantitative estimate of drug-likeness (QED) is 0.404. The van der Waals surface area contributed by atoms with E-state index in [-0.39, 0.29) is 11.3 Å². The summed E-state index contributed by atoms with van der Waals surface area (Å²) in [7, 11) is 0. The summed E-state index contributed by atoms with van der Waals surface area (Å²) in [6.07, 6.45) is 3.17. The summed E-state index contributed by atoms with van der Waals surface area (Å²) in [6, 6.07) is 18.0. The van der Waals surface area contributed by atoms with Crippen molar-refractivity contribution < 1.29 is 14.6 Å². The molecule has 0 saturated heterocycles. The van der Waals surface area contributed by atoms with E-state index in [9.17, 15) is 9.90 Å². The van der Waals surface area contributed by atoms with Crippen molar-refractivity contribution in [3.05, 3.63) is 84.4 Å². The Bertz CT molecular complexity index is 980. The number of fused-ring (bicyclic) bond motifs is 1. The smallest absolute Gasteiger partial charge is 0.275 e. The first-order valence-electron chi connectivity index (χ1n) is 8.06. The molecule has 3 rings (SSSR count). The monoisotopic (exact) mass is 346 g/mol. The van der Waals surface area contributed by atoms with Crippen molar-refractivity contribution in [2.24, 2.45) is 5.10 Å². The van der Waals surface area contributed by atoms with E-state index in [4.69, 9.17) is 4.74 Å². The van der Waals surface area contributed by atoms with Gasteiger partial charge in [0.05, 0.1) is 11.8 Å². The van der Waals surface area contributed by atoms with Crippen molar-refractivity contribution in [2.75, 3.05) is 6.61 Å². The van der Waals surface area contributed by atoms with Crippen LogP contribution in [-0.2, 0) is 0 Å². The van der Waals surface area contributed by atoms with Gasteiger partial charge in [0.2, 0.25) is 0 Å². The van der Waals surface area contributed by atoms with Crippen LogP contribution < -0.4 is 10.2 Å². The Morgan fingerprint density at radius 3 is 2.65 bits per heavy atom. The van der Waals surface area contributed by atoms with Gasteiger partial charge < -0.3 is 9.84 Å². The van der Waals surface area contributed by atoms with Crippen molar-refractivity contribution in [3.63, 3.8) is 0 Å². The van der Waals surface area contributed by atoms with Gasteiger partial charge in [0.25, 0.3) is 5.91 Å². The van der Waals surface area contributed by atoms with E-state index in [1.54, 1.807) is 24.3 Å². The maximum Gasteiger partial charge on any atom is 0.275 e. The Morgan fingerprint density at radius 1 is 1.12 bits per heavy atom. The second kappa shape index (κ2) is 7.98. The van der Waals surface area contributed by atoms with E-state index in [1.165, 1.54) is 6.21 Å². The van der Waals surface area contributed by atoms with Gasteiger partial charge >= 0.3 is 0 Å². The minimum Gasteiger partial charge on any atom is -0.507 e. The Labute approximate surface area is 151 Å². The summed E-state index contributed by atoms with van der Waals surface area (Å²) in [6.45, 7) is 4.02. The number of benzene rings is 3. The molecule has 0 aliphatic rings. The molecular formula is C21H18N2O3. The first-order chi connectivity index (χ1) is 12.7. The molecule has 0 aromatic heterocycles. The van der Waals surface area contributed by atoms with E-state index >= 15 is 0 Å². The second-order valence-electron chi connectivity index (χ2n) is 5.59. The van der Waals surface area contributed by atoms with E-state index in [0.29, 0.717) is 12.4 Å². The second-order valence-corrected chi connectivity index (χ2v) is 5.59. The first-order valence-corrected chi connectivity index (χ1v) is 8.06. The summed E-state index contributed by atoms with van der Waals surface area (Å²) in [5, 5.41) is 15.8. The molecule has 5 heteroatoms. The van der Waals surface area contributed by atoms with Gasteiger partial charge in [0.1, 0.15) is 18.1 Å². The van der Waals surface area contributed by atoms with Crippen LogP contribution in [0.4, 0.5) is 0 Å². The van der Waals surface area contributed by atoms with Crippen LogP contribution in [0.5, 0.6) is 11.5 Å².